The van der Waals surface area contributed by atoms with E-state index in [-0.39, 0.29) is 6.10 Å². The minimum Gasteiger partial charge on any atom is -0.491 e. The molecule has 90 valence electrons. The predicted octanol–water partition coefficient (Wildman–Crippen LogP) is 3.73. The predicted molar refractivity (Wildman–Crippen MR) is 70.7 cm³/mol. The SMILES string of the molecule is CC(C)Oc1cccc(-c2nnc(CCl)s2)c1. The summed E-state index contributed by atoms with van der Waals surface area (Å²) in [7, 11) is 0. The topological polar surface area (TPSA) is 35.0 Å². The summed E-state index contributed by atoms with van der Waals surface area (Å²) in [4.78, 5) is 0. The van der Waals surface area contributed by atoms with Gasteiger partial charge in [0.2, 0.25) is 0 Å². The quantitative estimate of drug-likeness (QED) is 0.793. The van der Waals surface area contributed by atoms with Gasteiger partial charge in [0.05, 0.1) is 12.0 Å². The molecule has 3 nitrogen and oxygen atoms in total. The molecule has 0 aliphatic heterocycles. The Bertz CT molecular complexity index is 499. The smallest absolute Gasteiger partial charge is 0.147 e. The molecule has 0 spiro atoms. The maximum atomic E-state index is 5.71. The van der Waals surface area contributed by atoms with Crippen LogP contribution >= 0.6 is 22.9 Å². The largest absolute Gasteiger partial charge is 0.491 e. The summed E-state index contributed by atoms with van der Waals surface area (Å²) in [5.74, 6) is 1.25. The van der Waals surface area contributed by atoms with E-state index < -0.39 is 0 Å². The van der Waals surface area contributed by atoms with E-state index in [1.54, 1.807) is 0 Å². The number of benzene rings is 1. The molecule has 0 N–H and O–H groups in total. The minimum atomic E-state index is 0.165. The van der Waals surface area contributed by atoms with E-state index in [4.69, 9.17) is 16.3 Å². The molecule has 2 rings (SSSR count). The van der Waals surface area contributed by atoms with Gasteiger partial charge in [0.15, 0.2) is 0 Å². The number of hydrogen-bond donors (Lipinski definition) is 0. The molecule has 0 aliphatic carbocycles. The van der Waals surface area contributed by atoms with Gasteiger partial charge in [-0.1, -0.05) is 23.5 Å². The molecule has 5 heteroatoms. The van der Waals surface area contributed by atoms with Gasteiger partial charge in [-0.25, -0.2) is 0 Å². The molecule has 0 radical (unpaired) electrons. The standard InChI is InChI=1S/C12H13ClN2OS/c1-8(2)16-10-5-3-4-9(6-10)12-15-14-11(7-13)17-12/h3-6,8H,7H2,1-2H3. The summed E-state index contributed by atoms with van der Waals surface area (Å²) in [6.45, 7) is 4.01. The molecule has 1 aromatic heterocycles. The summed E-state index contributed by atoms with van der Waals surface area (Å²) in [6, 6.07) is 7.85. The molecule has 1 heterocycles. The minimum absolute atomic E-state index is 0.165. The van der Waals surface area contributed by atoms with Crippen molar-refractivity contribution in [3.63, 3.8) is 0 Å². The lowest BCUT2D eigenvalue weighted by Gasteiger charge is -2.09. The summed E-state index contributed by atoms with van der Waals surface area (Å²) in [5.41, 5.74) is 1.01. The lowest BCUT2D eigenvalue weighted by molar-refractivity contribution is 0.242. The van der Waals surface area contributed by atoms with Gasteiger partial charge in [-0.15, -0.1) is 21.8 Å². The number of ether oxygens (including phenoxy) is 1. The Morgan fingerprint density at radius 3 is 2.82 bits per heavy atom. The molecule has 1 aromatic carbocycles. The van der Waals surface area contributed by atoms with E-state index in [1.165, 1.54) is 11.3 Å². The Hall–Kier alpha value is -1.13. The van der Waals surface area contributed by atoms with Crippen molar-refractivity contribution in [1.82, 2.24) is 10.2 Å². The number of aromatic nitrogens is 2. The van der Waals surface area contributed by atoms with Gasteiger partial charge in [-0.05, 0) is 26.0 Å². The van der Waals surface area contributed by atoms with Crippen LogP contribution in [0, 0.1) is 0 Å². The fraction of sp³-hybridized carbons (Fsp3) is 0.333. The van der Waals surface area contributed by atoms with Crippen molar-refractivity contribution in [2.45, 2.75) is 25.8 Å². The maximum absolute atomic E-state index is 5.71. The second-order valence-corrected chi connectivity index (χ2v) is 5.16. The summed E-state index contributed by atoms with van der Waals surface area (Å²) in [5, 5.41) is 9.80. The average Bonchev–Trinajstić information content (AvgIpc) is 2.77. The Kier molecular flexibility index (Phi) is 3.97. The van der Waals surface area contributed by atoms with Gasteiger partial charge in [-0.3, -0.25) is 0 Å². The molecule has 0 atom stereocenters. The zero-order valence-electron chi connectivity index (χ0n) is 9.68. The number of alkyl halides is 1. The van der Waals surface area contributed by atoms with Crippen LogP contribution in [0.3, 0.4) is 0 Å². The molecular weight excluding hydrogens is 256 g/mol. The molecule has 0 saturated carbocycles. The second-order valence-electron chi connectivity index (χ2n) is 3.83. The summed E-state index contributed by atoms with van der Waals surface area (Å²) >= 11 is 7.21. The number of rotatable bonds is 4. The first-order chi connectivity index (χ1) is 8.19. The van der Waals surface area contributed by atoms with Gasteiger partial charge >= 0.3 is 0 Å². The lowest BCUT2D eigenvalue weighted by Crippen LogP contribution is -2.05. The number of halogens is 1. The Balaban J connectivity index is 2.26. The molecule has 0 aliphatic rings. The van der Waals surface area contributed by atoms with E-state index in [2.05, 4.69) is 10.2 Å². The van der Waals surface area contributed by atoms with E-state index in [1.807, 2.05) is 38.1 Å². The third-order valence-electron chi connectivity index (χ3n) is 2.03. The first kappa shape index (κ1) is 12.3. The van der Waals surface area contributed by atoms with Gasteiger partial charge in [0, 0.05) is 5.56 Å². The van der Waals surface area contributed by atoms with Crippen LogP contribution < -0.4 is 4.74 Å². The third-order valence-corrected chi connectivity index (χ3v) is 3.42. The van der Waals surface area contributed by atoms with Gasteiger partial charge in [0.25, 0.3) is 0 Å². The van der Waals surface area contributed by atoms with Crippen LogP contribution in [-0.2, 0) is 5.88 Å². The van der Waals surface area contributed by atoms with Crippen LogP contribution in [0.2, 0.25) is 0 Å². The first-order valence-corrected chi connectivity index (χ1v) is 6.69. The Labute approximate surface area is 109 Å². The monoisotopic (exact) mass is 268 g/mol. The molecule has 0 saturated heterocycles. The zero-order chi connectivity index (χ0) is 12.3. The molecular formula is C12H13ClN2OS. The molecule has 0 bridgehead atoms. The highest BCUT2D eigenvalue weighted by Gasteiger charge is 2.07. The molecule has 17 heavy (non-hydrogen) atoms. The maximum Gasteiger partial charge on any atom is 0.147 e. The van der Waals surface area contributed by atoms with Crippen molar-refractivity contribution >= 4 is 22.9 Å². The number of hydrogen-bond acceptors (Lipinski definition) is 4. The van der Waals surface area contributed by atoms with E-state index in [0.29, 0.717) is 5.88 Å². The van der Waals surface area contributed by atoms with Crippen LogP contribution in [0.15, 0.2) is 24.3 Å². The fourth-order valence-corrected chi connectivity index (χ4v) is 2.30. The molecule has 0 unspecified atom stereocenters. The summed E-state index contributed by atoms with van der Waals surface area (Å²) in [6.07, 6.45) is 0.165. The first-order valence-electron chi connectivity index (χ1n) is 5.34. The highest BCUT2D eigenvalue weighted by atomic mass is 35.5. The van der Waals surface area contributed by atoms with Crippen LogP contribution in [0.25, 0.3) is 10.6 Å². The van der Waals surface area contributed by atoms with Crippen LogP contribution in [-0.4, -0.2) is 16.3 Å². The Morgan fingerprint density at radius 2 is 2.18 bits per heavy atom. The van der Waals surface area contributed by atoms with Crippen molar-refractivity contribution in [1.29, 1.82) is 0 Å². The van der Waals surface area contributed by atoms with Gasteiger partial charge in [-0.2, -0.15) is 0 Å². The molecule has 2 aromatic rings. The third kappa shape index (κ3) is 3.17. The van der Waals surface area contributed by atoms with Crippen molar-refractivity contribution in [3.8, 4) is 16.3 Å². The van der Waals surface area contributed by atoms with E-state index in [9.17, 15) is 0 Å². The second kappa shape index (κ2) is 5.47. The average molecular weight is 269 g/mol. The highest BCUT2D eigenvalue weighted by Crippen LogP contribution is 2.27. The zero-order valence-corrected chi connectivity index (χ0v) is 11.3. The van der Waals surface area contributed by atoms with E-state index >= 15 is 0 Å². The van der Waals surface area contributed by atoms with Gasteiger partial charge in [0.1, 0.15) is 15.8 Å². The van der Waals surface area contributed by atoms with Crippen LogP contribution in [0.5, 0.6) is 5.75 Å². The Morgan fingerprint density at radius 1 is 1.35 bits per heavy atom. The highest BCUT2D eigenvalue weighted by molar-refractivity contribution is 7.14. The van der Waals surface area contributed by atoms with Crippen molar-refractivity contribution < 1.29 is 4.74 Å². The normalized spacial score (nSPS) is 10.8. The fourth-order valence-electron chi connectivity index (χ4n) is 1.40. The van der Waals surface area contributed by atoms with Crippen LogP contribution in [0.1, 0.15) is 18.9 Å². The van der Waals surface area contributed by atoms with Crippen LogP contribution in [0.4, 0.5) is 0 Å². The molecule has 0 amide bonds. The van der Waals surface area contributed by atoms with Gasteiger partial charge < -0.3 is 4.74 Å². The van der Waals surface area contributed by atoms with Crippen molar-refractivity contribution in [2.24, 2.45) is 0 Å². The number of nitrogens with zero attached hydrogens (tertiary/aromatic N) is 2. The van der Waals surface area contributed by atoms with E-state index in [0.717, 1.165) is 21.3 Å². The van der Waals surface area contributed by atoms with Crippen molar-refractivity contribution in [3.05, 3.63) is 29.3 Å². The summed E-state index contributed by atoms with van der Waals surface area (Å²) < 4.78 is 5.64. The molecule has 0 fully saturated rings. The lowest BCUT2D eigenvalue weighted by atomic mass is 10.2. The van der Waals surface area contributed by atoms with Crippen molar-refractivity contribution in [2.75, 3.05) is 0 Å².